The van der Waals surface area contributed by atoms with Crippen LogP contribution in [0.5, 0.6) is 0 Å². The van der Waals surface area contributed by atoms with Crippen LogP contribution in [0.15, 0.2) is 36.4 Å². The maximum Gasteiger partial charge on any atom is 0.472 e. The summed E-state index contributed by atoms with van der Waals surface area (Å²) in [5.74, 6) is 0.391. The molecule has 0 saturated carbocycles. The van der Waals surface area contributed by atoms with Gasteiger partial charge >= 0.3 is 7.82 Å². The Balaban J connectivity index is 2.13. The van der Waals surface area contributed by atoms with E-state index in [1.807, 2.05) is 0 Å². The van der Waals surface area contributed by atoms with Gasteiger partial charge in [-0.2, -0.15) is 0 Å². The summed E-state index contributed by atoms with van der Waals surface area (Å²) in [6.45, 7) is -0.0273. The Morgan fingerprint density at radius 1 is 1.41 bits per heavy atom. The van der Waals surface area contributed by atoms with Gasteiger partial charge in [0.1, 0.15) is 11.0 Å². The fourth-order valence-electron chi connectivity index (χ4n) is 2.41. The van der Waals surface area contributed by atoms with Crippen LogP contribution in [0.1, 0.15) is 5.56 Å². The van der Waals surface area contributed by atoms with Crippen LogP contribution >= 0.6 is 19.4 Å². The van der Waals surface area contributed by atoms with Gasteiger partial charge in [-0.3, -0.25) is 14.5 Å². The Kier molecular flexibility index (Phi) is 3.58. The summed E-state index contributed by atoms with van der Waals surface area (Å²) < 4.78 is 17.9. The second kappa shape index (κ2) is 5.19. The SMILES string of the molecule is N=c1nc(Cl)cc2n1CC(OP(=O)(O)O)(c1ccccc1)N2. The highest BCUT2D eigenvalue weighted by Crippen LogP contribution is 2.48. The van der Waals surface area contributed by atoms with E-state index in [0.29, 0.717) is 11.4 Å². The van der Waals surface area contributed by atoms with Gasteiger partial charge in [0.15, 0.2) is 5.72 Å². The topological polar surface area (TPSA) is 120 Å². The van der Waals surface area contributed by atoms with Gasteiger partial charge in [-0.1, -0.05) is 41.9 Å². The first-order valence-electron chi connectivity index (χ1n) is 6.21. The van der Waals surface area contributed by atoms with E-state index in [9.17, 15) is 14.4 Å². The third kappa shape index (κ3) is 2.79. The number of hydrogen-bond acceptors (Lipinski definition) is 5. The fourth-order valence-corrected chi connectivity index (χ4v) is 3.21. The molecule has 10 heteroatoms. The molecule has 1 atom stereocenters. The summed E-state index contributed by atoms with van der Waals surface area (Å²) in [7, 11) is -4.79. The molecule has 1 unspecified atom stereocenters. The number of phosphoric ester groups is 1. The number of fused-ring (bicyclic) bond motifs is 1. The summed E-state index contributed by atoms with van der Waals surface area (Å²) in [4.78, 5) is 22.3. The third-order valence-electron chi connectivity index (χ3n) is 3.24. The van der Waals surface area contributed by atoms with E-state index < -0.39 is 13.5 Å². The Hall–Kier alpha value is -1.70. The molecule has 1 aromatic carbocycles. The average molecular weight is 343 g/mol. The van der Waals surface area contributed by atoms with Gasteiger partial charge in [0.2, 0.25) is 5.62 Å². The average Bonchev–Trinajstić information content (AvgIpc) is 2.77. The van der Waals surface area contributed by atoms with Crippen LogP contribution < -0.4 is 10.9 Å². The number of phosphoric acid groups is 1. The Morgan fingerprint density at radius 2 is 2.09 bits per heavy atom. The molecule has 0 radical (unpaired) electrons. The summed E-state index contributed by atoms with van der Waals surface area (Å²) in [6.07, 6.45) is 0. The molecule has 2 heterocycles. The second-order valence-electron chi connectivity index (χ2n) is 4.77. The lowest BCUT2D eigenvalue weighted by molar-refractivity contribution is 0.0503. The van der Waals surface area contributed by atoms with E-state index in [-0.39, 0.29) is 17.3 Å². The molecule has 0 amide bonds. The lowest BCUT2D eigenvalue weighted by atomic mass is 10.0. The van der Waals surface area contributed by atoms with Crippen molar-refractivity contribution in [2.45, 2.75) is 12.3 Å². The molecule has 0 aliphatic carbocycles. The minimum atomic E-state index is -4.79. The van der Waals surface area contributed by atoms with Crippen LogP contribution in [0.25, 0.3) is 0 Å². The number of aromatic nitrogens is 2. The molecule has 116 valence electrons. The predicted molar refractivity (Wildman–Crippen MR) is 78.0 cm³/mol. The summed E-state index contributed by atoms with van der Waals surface area (Å²) >= 11 is 5.82. The first kappa shape index (κ1) is 15.2. The molecular weight excluding hydrogens is 331 g/mol. The van der Waals surface area contributed by atoms with Gasteiger partial charge in [-0.15, -0.1) is 0 Å². The largest absolute Gasteiger partial charge is 0.472 e. The van der Waals surface area contributed by atoms with Crippen molar-refractivity contribution in [3.05, 3.63) is 52.7 Å². The standard InChI is InChI=1S/C12H12ClN4O4P/c13-9-6-10-16-12(21-22(18,19)20,7-17(10)11(14)15-9)8-4-2-1-3-5-8/h1-6,14,16H,7H2,(H2,18,19,20). The third-order valence-corrected chi connectivity index (χ3v) is 3.98. The zero-order valence-electron chi connectivity index (χ0n) is 11.1. The van der Waals surface area contributed by atoms with Gasteiger partial charge in [-0.25, -0.2) is 9.55 Å². The highest BCUT2D eigenvalue weighted by Gasteiger charge is 2.45. The van der Waals surface area contributed by atoms with Crippen molar-refractivity contribution in [3.8, 4) is 0 Å². The smallest absolute Gasteiger partial charge is 0.338 e. The van der Waals surface area contributed by atoms with Gasteiger partial charge in [-0.05, 0) is 0 Å². The minimum Gasteiger partial charge on any atom is -0.338 e. The molecule has 0 spiro atoms. The van der Waals surface area contributed by atoms with Crippen LogP contribution in [0, 0.1) is 5.41 Å². The maximum atomic E-state index is 11.4. The highest BCUT2D eigenvalue weighted by atomic mass is 35.5. The van der Waals surface area contributed by atoms with Crippen molar-refractivity contribution in [3.63, 3.8) is 0 Å². The minimum absolute atomic E-state index is 0.0273. The van der Waals surface area contributed by atoms with Crippen LogP contribution in [-0.2, 0) is 21.4 Å². The van der Waals surface area contributed by atoms with Crippen molar-refractivity contribution < 1.29 is 18.9 Å². The molecule has 4 N–H and O–H groups in total. The molecule has 22 heavy (non-hydrogen) atoms. The predicted octanol–water partition coefficient (Wildman–Crippen LogP) is 1.40. The molecular formula is C12H12ClN4O4P. The lowest BCUT2D eigenvalue weighted by Gasteiger charge is -2.29. The van der Waals surface area contributed by atoms with Crippen LogP contribution in [0.2, 0.25) is 5.15 Å². The number of anilines is 1. The quantitative estimate of drug-likeness (QED) is 0.494. The highest BCUT2D eigenvalue weighted by molar-refractivity contribution is 7.46. The lowest BCUT2D eigenvalue weighted by Crippen LogP contribution is -2.37. The van der Waals surface area contributed by atoms with E-state index in [1.54, 1.807) is 30.3 Å². The van der Waals surface area contributed by atoms with E-state index >= 15 is 0 Å². The van der Waals surface area contributed by atoms with E-state index in [4.69, 9.17) is 21.5 Å². The van der Waals surface area contributed by atoms with Gasteiger partial charge < -0.3 is 15.1 Å². The number of halogens is 1. The van der Waals surface area contributed by atoms with E-state index in [2.05, 4.69) is 10.3 Å². The van der Waals surface area contributed by atoms with Crippen LogP contribution in [-0.4, -0.2) is 19.3 Å². The van der Waals surface area contributed by atoms with Gasteiger partial charge in [0.05, 0.1) is 6.54 Å². The van der Waals surface area contributed by atoms with Gasteiger partial charge in [0.25, 0.3) is 0 Å². The Morgan fingerprint density at radius 3 is 2.73 bits per heavy atom. The first-order chi connectivity index (χ1) is 10.3. The molecule has 8 nitrogen and oxygen atoms in total. The van der Waals surface area contributed by atoms with Crippen molar-refractivity contribution in [1.82, 2.24) is 9.55 Å². The molecule has 1 aliphatic rings. The van der Waals surface area contributed by atoms with Crippen molar-refractivity contribution in [2.75, 3.05) is 5.32 Å². The molecule has 0 saturated heterocycles. The number of benzene rings is 1. The zero-order valence-corrected chi connectivity index (χ0v) is 12.8. The van der Waals surface area contributed by atoms with Gasteiger partial charge in [0, 0.05) is 11.6 Å². The molecule has 1 aromatic heterocycles. The summed E-state index contributed by atoms with van der Waals surface area (Å²) in [6, 6.07) is 10.0. The summed E-state index contributed by atoms with van der Waals surface area (Å²) in [5.41, 5.74) is -1.13. The first-order valence-corrected chi connectivity index (χ1v) is 8.12. The maximum absolute atomic E-state index is 11.4. The molecule has 1 aliphatic heterocycles. The van der Waals surface area contributed by atoms with Crippen molar-refractivity contribution in [2.24, 2.45) is 0 Å². The Labute approximate surface area is 130 Å². The number of hydrogen-bond donors (Lipinski definition) is 4. The van der Waals surface area contributed by atoms with E-state index in [0.717, 1.165) is 0 Å². The number of nitrogens with zero attached hydrogens (tertiary/aromatic N) is 2. The fraction of sp³-hybridized carbons (Fsp3) is 0.167. The zero-order chi connectivity index (χ0) is 16.0. The number of nitrogens with one attached hydrogen (secondary N) is 2. The summed E-state index contributed by atoms with van der Waals surface area (Å²) in [5, 5.41) is 10.8. The normalized spacial score (nSPS) is 20.5. The molecule has 0 bridgehead atoms. The number of rotatable bonds is 3. The second-order valence-corrected chi connectivity index (χ2v) is 6.32. The van der Waals surface area contributed by atoms with Crippen LogP contribution in [0.4, 0.5) is 5.82 Å². The van der Waals surface area contributed by atoms with Crippen LogP contribution in [0.3, 0.4) is 0 Å². The molecule has 2 aromatic rings. The monoisotopic (exact) mass is 342 g/mol. The van der Waals surface area contributed by atoms with E-state index in [1.165, 1.54) is 10.6 Å². The molecule has 3 rings (SSSR count). The Bertz CT molecular complexity index is 822. The molecule has 0 fully saturated rings. The van der Waals surface area contributed by atoms with Crippen molar-refractivity contribution in [1.29, 1.82) is 5.41 Å². The van der Waals surface area contributed by atoms with Crippen molar-refractivity contribution >= 4 is 25.2 Å².